The molecule has 1 amide bonds. The molecule has 0 bridgehead atoms. The lowest BCUT2D eigenvalue weighted by molar-refractivity contribution is -0.385. The van der Waals surface area contributed by atoms with Crippen LogP contribution in [0.15, 0.2) is 12.3 Å². The Bertz CT molecular complexity index is 497. The molecule has 2 N–H and O–H groups in total. The SMILES string of the molecule is Nc1cc(C(=O)N2CCCOCC2)c([N+](=O)[O-])cn1. The zero-order chi connectivity index (χ0) is 13.8. The monoisotopic (exact) mass is 266 g/mol. The molecule has 19 heavy (non-hydrogen) atoms. The highest BCUT2D eigenvalue weighted by molar-refractivity contribution is 5.98. The summed E-state index contributed by atoms with van der Waals surface area (Å²) >= 11 is 0. The van der Waals surface area contributed by atoms with E-state index in [4.69, 9.17) is 10.5 Å². The van der Waals surface area contributed by atoms with Gasteiger partial charge in [-0.15, -0.1) is 0 Å². The summed E-state index contributed by atoms with van der Waals surface area (Å²) < 4.78 is 5.25. The second-order valence-corrected chi connectivity index (χ2v) is 4.14. The molecule has 1 aliphatic rings. The van der Waals surface area contributed by atoms with Crippen molar-refractivity contribution in [1.29, 1.82) is 0 Å². The molecule has 0 atom stereocenters. The van der Waals surface area contributed by atoms with Gasteiger partial charge in [-0.3, -0.25) is 14.9 Å². The van der Waals surface area contributed by atoms with Gasteiger partial charge in [-0.25, -0.2) is 4.98 Å². The maximum atomic E-state index is 12.3. The van der Waals surface area contributed by atoms with Gasteiger partial charge in [0.2, 0.25) is 0 Å². The molecule has 8 heteroatoms. The number of nitro groups is 1. The number of nitrogen functional groups attached to an aromatic ring is 1. The molecule has 1 fully saturated rings. The maximum absolute atomic E-state index is 12.3. The minimum atomic E-state index is -0.631. The van der Waals surface area contributed by atoms with Gasteiger partial charge in [0.15, 0.2) is 0 Å². The van der Waals surface area contributed by atoms with Crippen molar-refractivity contribution < 1.29 is 14.5 Å². The van der Waals surface area contributed by atoms with Gasteiger partial charge in [-0.05, 0) is 12.5 Å². The van der Waals surface area contributed by atoms with Gasteiger partial charge in [-0.1, -0.05) is 0 Å². The van der Waals surface area contributed by atoms with Crippen LogP contribution in [0, 0.1) is 10.1 Å². The molecule has 1 aromatic heterocycles. The molecule has 0 saturated carbocycles. The number of rotatable bonds is 2. The number of carbonyl (C=O) groups is 1. The standard InChI is InChI=1S/C11H14N4O4/c12-10-6-8(9(7-13-10)15(17)18)11(16)14-2-1-4-19-5-3-14/h6-7H,1-5H2,(H2,12,13). The summed E-state index contributed by atoms with van der Waals surface area (Å²) in [6.45, 7) is 1.95. The maximum Gasteiger partial charge on any atom is 0.300 e. The zero-order valence-electron chi connectivity index (χ0n) is 10.2. The molecule has 102 valence electrons. The first-order valence-corrected chi connectivity index (χ1v) is 5.86. The number of nitrogens with two attached hydrogens (primary N) is 1. The second-order valence-electron chi connectivity index (χ2n) is 4.14. The van der Waals surface area contributed by atoms with E-state index in [1.165, 1.54) is 11.0 Å². The van der Waals surface area contributed by atoms with Crippen LogP contribution in [0.5, 0.6) is 0 Å². The van der Waals surface area contributed by atoms with Crippen LogP contribution in [-0.2, 0) is 4.74 Å². The Morgan fingerprint density at radius 3 is 3.00 bits per heavy atom. The van der Waals surface area contributed by atoms with E-state index in [1.54, 1.807) is 0 Å². The Labute approximate surface area is 109 Å². The van der Waals surface area contributed by atoms with Crippen molar-refractivity contribution in [3.05, 3.63) is 27.9 Å². The minimum Gasteiger partial charge on any atom is -0.384 e. The number of ether oxygens (including phenoxy) is 1. The van der Waals surface area contributed by atoms with Crippen molar-refractivity contribution in [3.63, 3.8) is 0 Å². The smallest absolute Gasteiger partial charge is 0.300 e. The van der Waals surface area contributed by atoms with E-state index in [0.29, 0.717) is 32.7 Å². The van der Waals surface area contributed by atoms with Crippen molar-refractivity contribution in [2.45, 2.75) is 6.42 Å². The Hall–Kier alpha value is -2.22. The minimum absolute atomic E-state index is 0.0283. The third kappa shape index (κ3) is 2.97. The predicted molar refractivity (Wildman–Crippen MR) is 66.6 cm³/mol. The topological polar surface area (TPSA) is 112 Å². The molecule has 0 aliphatic carbocycles. The van der Waals surface area contributed by atoms with E-state index < -0.39 is 10.8 Å². The predicted octanol–water partition coefficient (Wildman–Crippen LogP) is 0.435. The number of carbonyl (C=O) groups excluding carboxylic acids is 1. The molecule has 2 rings (SSSR count). The quantitative estimate of drug-likeness (QED) is 0.613. The highest BCUT2D eigenvalue weighted by Gasteiger charge is 2.26. The van der Waals surface area contributed by atoms with Crippen molar-refractivity contribution in [2.24, 2.45) is 0 Å². The lowest BCUT2D eigenvalue weighted by atomic mass is 10.2. The average Bonchev–Trinajstić information content (AvgIpc) is 2.66. The van der Waals surface area contributed by atoms with Crippen LogP contribution < -0.4 is 5.73 Å². The van der Waals surface area contributed by atoms with Crippen LogP contribution in [0.25, 0.3) is 0 Å². The van der Waals surface area contributed by atoms with E-state index in [9.17, 15) is 14.9 Å². The number of nitrogens with zero attached hydrogens (tertiary/aromatic N) is 3. The number of anilines is 1. The first-order chi connectivity index (χ1) is 9.09. The van der Waals surface area contributed by atoms with Crippen LogP contribution in [0.4, 0.5) is 11.5 Å². The van der Waals surface area contributed by atoms with Gasteiger partial charge in [0.25, 0.3) is 11.6 Å². The fourth-order valence-electron chi connectivity index (χ4n) is 1.90. The van der Waals surface area contributed by atoms with Crippen LogP contribution in [0.1, 0.15) is 16.8 Å². The molecular formula is C11H14N4O4. The molecule has 2 heterocycles. The van der Waals surface area contributed by atoms with E-state index in [2.05, 4.69) is 4.98 Å². The lowest BCUT2D eigenvalue weighted by Crippen LogP contribution is -2.33. The molecule has 0 radical (unpaired) electrons. The summed E-state index contributed by atoms with van der Waals surface area (Å²) in [7, 11) is 0. The van der Waals surface area contributed by atoms with E-state index in [0.717, 1.165) is 6.20 Å². The van der Waals surface area contributed by atoms with Crippen LogP contribution in [0.3, 0.4) is 0 Å². The summed E-state index contributed by atoms with van der Waals surface area (Å²) in [5.74, 6) is -0.327. The van der Waals surface area contributed by atoms with Gasteiger partial charge in [0.1, 0.15) is 17.6 Å². The van der Waals surface area contributed by atoms with E-state index in [1.807, 2.05) is 0 Å². The zero-order valence-corrected chi connectivity index (χ0v) is 10.2. The van der Waals surface area contributed by atoms with Crippen molar-refractivity contribution in [3.8, 4) is 0 Å². The fourth-order valence-corrected chi connectivity index (χ4v) is 1.90. The van der Waals surface area contributed by atoms with Crippen LogP contribution >= 0.6 is 0 Å². The number of amides is 1. The summed E-state index contributed by atoms with van der Waals surface area (Å²) in [5, 5.41) is 10.9. The normalized spacial score (nSPS) is 15.9. The van der Waals surface area contributed by atoms with Crippen molar-refractivity contribution >= 4 is 17.4 Å². The Morgan fingerprint density at radius 1 is 1.47 bits per heavy atom. The highest BCUT2D eigenvalue weighted by atomic mass is 16.6. The molecule has 1 aliphatic heterocycles. The second kappa shape index (κ2) is 5.61. The number of hydrogen-bond acceptors (Lipinski definition) is 6. The first-order valence-electron chi connectivity index (χ1n) is 5.86. The Balaban J connectivity index is 2.31. The number of pyridine rings is 1. The molecule has 1 aromatic rings. The largest absolute Gasteiger partial charge is 0.384 e. The summed E-state index contributed by atoms with van der Waals surface area (Å²) in [6.07, 6.45) is 1.72. The summed E-state index contributed by atoms with van der Waals surface area (Å²) in [4.78, 5) is 27.8. The first kappa shape index (κ1) is 13.2. The van der Waals surface area contributed by atoms with Gasteiger partial charge < -0.3 is 15.4 Å². The fraction of sp³-hybridized carbons (Fsp3) is 0.455. The summed E-state index contributed by atoms with van der Waals surface area (Å²) in [6, 6.07) is 1.24. The molecule has 8 nitrogen and oxygen atoms in total. The summed E-state index contributed by atoms with van der Waals surface area (Å²) in [5.41, 5.74) is 5.14. The molecule has 1 saturated heterocycles. The molecule has 0 spiro atoms. The average molecular weight is 266 g/mol. The molecule has 0 unspecified atom stereocenters. The lowest BCUT2D eigenvalue weighted by Gasteiger charge is -2.19. The van der Waals surface area contributed by atoms with Gasteiger partial charge in [0, 0.05) is 19.7 Å². The van der Waals surface area contributed by atoms with Crippen molar-refractivity contribution in [1.82, 2.24) is 9.88 Å². The highest BCUT2D eigenvalue weighted by Crippen LogP contribution is 2.21. The van der Waals surface area contributed by atoms with Gasteiger partial charge in [0.05, 0.1) is 11.5 Å². The molecule has 0 aromatic carbocycles. The van der Waals surface area contributed by atoms with Crippen molar-refractivity contribution in [2.75, 3.05) is 32.0 Å². The van der Waals surface area contributed by atoms with Crippen LogP contribution in [-0.4, -0.2) is 47.0 Å². The molecular weight excluding hydrogens is 252 g/mol. The van der Waals surface area contributed by atoms with Crippen LogP contribution in [0.2, 0.25) is 0 Å². The number of aromatic nitrogens is 1. The Kier molecular flexibility index (Phi) is 3.91. The third-order valence-electron chi connectivity index (χ3n) is 2.84. The van der Waals surface area contributed by atoms with Gasteiger partial charge in [-0.2, -0.15) is 0 Å². The van der Waals surface area contributed by atoms with E-state index in [-0.39, 0.29) is 17.1 Å². The Morgan fingerprint density at radius 2 is 2.26 bits per heavy atom. The number of hydrogen-bond donors (Lipinski definition) is 1. The third-order valence-corrected chi connectivity index (χ3v) is 2.84. The van der Waals surface area contributed by atoms with E-state index >= 15 is 0 Å². The van der Waals surface area contributed by atoms with Gasteiger partial charge >= 0.3 is 0 Å².